The van der Waals surface area contributed by atoms with E-state index in [2.05, 4.69) is 20.9 Å². The van der Waals surface area contributed by atoms with Gasteiger partial charge in [0.15, 0.2) is 0 Å². The highest BCUT2D eigenvalue weighted by molar-refractivity contribution is 5.93. The Labute approximate surface area is 224 Å². The van der Waals surface area contributed by atoms with E-state index in [0.717, 1.165) is 22.0 Å². The zero-order valence-electron chi connectivity index (χ0n) is 21.2. The summed E-state index contributed by atoms with van der Waals surface area (Å²) in [6, 6.07) is 12.9. The molecule has 0 bridgehead atoms. The number of nitrogens with two attached hydrogens (primary N) is 2. The molecule has 0 fully saturated rings. The highest BCUT2D eigenvalue weighted by Crippen LogP contribution is 2.19. The van der Waals surface area contributed by atoms with Crippen molar-refractivity contribution in [1.82, 2.24) is 20.9 Å². The number of carbonyl (C=O) groups is 5. The van der Waals surface area contributed by atoms with Crippen molar-refractivity contribution in [2.45, 2.75) is 43.8 Å². The lowest BCUT2D eigenvalue weighted by molar-refractivity contribution is -0.142. The number of amides is 4. The molecule has 0 aliphatic heterocycles. The highest BCUT2D eigenvalue weighted by Gasteiger charge is 2.28. The molecular weight excluding hydrogens is 504 g/mol. The number of carbonyl (C=O) groups excluding carboxylic acids is 4. The van der Waals surface area contributed by atoms with Crippen LogP contribution in [0.3, 0.4) is 0 Å². The van der Waals surface area contributed by atoms with Crippen LogP contribution in [0.15, 0.2) is 60.8 Å². The molecule has 0 radical (unpaired) electrons. The van der Waals surface area contributed by atoms with Gasteiger partial charge in [-0.3, -0.25) is 19.2 Å². The number of primary amides is 1. The number of H-pyrrole nitrogens is 1. The number of carboxylic acid groups (broad SMARTS) is 1. The molecule has 0 spiro atoms. The molecule has 1 heterocycles. The maximum Gasteiger partial charge on any atom is 0.326 e. The maximum absolute atomic E-state index is 13.2. The Balaban J connectivity index is 1.67. The Morgan fingerprint density at radius 3 is 2.26 bits per heavy atom. The average Bonchev–Trinajstić information content (AvgIpc) is 3.32. The Morgan fingerprint density at radius 1 is 0.872 bits per heavy atom. The maximum atomic E-state index is 13.2. The lowest BCUT2D eigenvalue weighted by Gasteiger charge is -2.22. The van der Waals surface area contributed by atoms with E-state index in [1.807, 2.05) is 24.3 Å². The van der Waals surface area contributed by atoms with Crippen LogP contribution in [0.5, 0.6) is 0 Å². The predicted molar refractivity (Wildman–Crippen MR) is 143 cm³/mol. The van der Waals surface area contributed by atoms with Gasteiger partial charge in [-0.15, -0.1) is 0 Å². The third kappa shape index (κ3) is 8.68. The van der Waals surface area contributed by atoms with Crippen LogP contribution in [0, 0.1) is 0 Å². The van der Waals surface area contributed by atoms with Crippen LogP contribution in [0.4, 0.5) is 0 Å². The number of nitrogens with one attached hydrogen (secondary N) is 4. The topological polar surface area (TPSA) is 209 Å². The lowest BCUT2D eigenvalue weighted by Crippen LogP contribution is -2.54. The van der Waals surface area contributed by atoms with Crippen molar-refractivity contribution >= 4 is 40.5 Å². The average molecular weight is 537 g/mol. The standard InChI is InChI=1S/C27H32N6O6/c28-19(10-11-23(29)34)25(36)31-15-24(35)32-21(12-16-6-2-1-3-7-16)26(37)33-22(27(38)39)13-17-14-30-20-9-5-4-8-18(17)20/h1-9,14,19,21-22,30H,10-13,15,28H2,(H2,29,34)(H,31,36)(H,32,35)(H,33,37)(H,38,39). The van der Waals surface area contributed by atoms with Crippen LogP contribution in [-0.4, -0.2) is 64.4 Å². The molecule has 206 valence electrons. The number of benzene rings is 2. The molecule has 0 saturated heterocycles. The molecule has 9 N–H and O–H groups in total. The van der Waals surface area contributed by atoms with Gasteiger partial charge in [-0.2, -0.15) is 0 Å². The third-order valence-electron chi connectivity index (χ3n) is 6.11. The lowest BCUT2D eigenvalue weighted by atomic mass is 10.0. The molecule has 3 atom stereocenters. The quantitative estimate of drug-likeness (QED) is 0.146. The van der Waals surface area contributed by atoms with Crippen LogP contribution < -0.4 is 27.4 Å². The second-order valence-electron chi connectivity index (χ2n) is 9.10. The van der Waals surface area contributed by atoms with Gasteiger partial charge in [0.2, 0.25) is 23.6 Å². The summed E-state index contributed by atoms with van der Waals surface area (Å²) in [6.07, 6.45) is 1.76. The molecule has 39 heavy (non-hydrogen) atoms. The van der Waals surface area contributed by atoms with Gasteiger partial charge < -0.3 is 37.5 Å². The Hall–Kier alpha value is -4.71. The minimum atomic E-state index is -1.25. The number of para-hydroxylation sites is 1. The fraction of sp³-hybridized carbons (Fsp3) is 0.296. The van der Waals surface area contributed by atoms with Crippen LogP contribution >= 0.6 is 0 Å². The zero-order valence-corrected chi connectivity index (χ0v) is 21.2. The van der Waals surface area contributed by atoms with E-state index in [1.54, 1.807) is 36.5 Å². The van der Waals surface area contributed by atoms with Crippen molar-refractivity contribution in [2.24, 2.45) is 11.5 Å². The summed E-state index contributed by atoms with van der Waals surface area (Å²) in [4.78, 5) is 64.0. The Kier molecular flexibility index (Phi) is 10.2. The number of hydrogen-bond donors (Lipinski definition) is 7. The van der Waals surface area contributed by atoms with Crippen LogP contribution in [-0.2, 0) is 36.8 Å². The predicted octanol–water partition coefficient (Wildman–Crippen LogP) is -0.284. The normalized spacial score (nSPS) is 13.2. The zero-order chi connectivity index (χ0) is 28.4. The first-order valence-electron chi connectivity index (χ1n) is 12.4. The Morgan fingerprint density at radius 2 is 1.56 bits per heavy atom. The fourth-order valence-corrected chi connectivity index (χ4v) is 4.02. The number of fused-ring (bicyclic) bond motifs is 1. The first kappa shape index (κ1) is 28.9. The number of rotatable bonds is 14. The fourth-order valence-electron chi connectivity index (χ4n) is 4.02. The molecule has 3 unspecified atom stereocenters. The molecule has 0 aliphatic rings. The molecule has 3 aromatic rings. The van der Waals surface area contributed by atoms with Crippen LogP contribution in [0.1, 0.15) is 24.0 Å². The molecule has 12 nitrogen and oxygen atoms in total. The van der Waals surface area contributed by atoms with E-state index in [9.17, 15) is 29.1 Å². The summed E-state index contributed by atoms with van der Waals surface area (Å²) in [6.45, 7) is -0.473. The number of aromatic amines is 1. The third-order valence-corrected chi connectivity index (χ3v) is 6.11. The van der Waals surface area contributed by atoms with E-state index in [0.29, 0.717) is 0 Å². The second-order valence-corrected chi connectivity index (χ2v) is 9.10. The van der Waals surface area contributed by atoms with Gasteiger partial charge in [-0.05, 0) is 23.6 Å². The number of aromatic nitrogens is 1. The summed E-state index contributed by atoms with van der Waals surface area (Å²) in [5, 5.41) is 18.1. The number of carboxylic acids is 1. The van der Waals surface area contributed by atoms with E-state index in [4.69, 9.17) is 11.5 Å². The van der Waals surface area contributed by atoms with E-state index in [1.165, 1.54) is 0 Å². The van der Waals surface area contributed by atoms with E-state index < -0.39 is 54.3 Å². The van der Waals surface area contributed by atoms with Crippen molar-refractivity contribution in [3.8, 4) is 0 Å². The first-order valence-corrected chi connectivity index (χ1v) is 12.4. The Bertz CT molecular complexity index is 1320. The monoisotopic (exact) mass is 536 g/mol. The molecule has 4 amide bonds. The molecule has 0 aliphatic carbocycles. The molecular formula is C27H32N6O6. The van der Waals surface area contributed by atoms with Gasteiger partial charge >= 0.3 is 5.97 Å². The van der Waals surface area contributed by atoms with E-state index in [-0.39, 0.29) is 25.7 Å². The van der Waals surface area contributed by atoms with Crippen LogP contribution in [0.25, 0.3) is 10.9 Å². The van der Waals surface area contributed by atoms with Gasteiger partial charge in [0.05, 0.1) is 12.6 Å². The second kappa shape index (κ2) is 13.7. The largest absolute Gasteiger partial charge is 0.480 e. The smallest absolute Gasteiger partial charge is 0.326 e. The number of hydrogen-bond acceptors (Lipinski definition) is 6. The van der Waals surface area contributed by atoms with Gasteiger partial charge in [-0.25, -0.2) is 4.79 Å². The molecule has 0 saturated carbocycles. The number of aliphatic carboxylic acids is 1. The van der Waals surface area contributed by atoms with Gasteiger partial charge in [-0.1, -0.05) is 48.5 Å². The molecule has 12 heteroatoms. The van der Waals surface area contributed by atoms with Crippen LogP contribution in [0.2, 0.25) is 0 Å². The summed E-state index contributed by atoms with van der Waals surface area (Å²) in [7, 11) is 0. The summed E-state index contributed by atoms with van der Waals surface area (Å²) in [5.41, 5.74) is 13.1. The molecule has 3 rings (SSSR count). The first-order chi connectivity index (χ1) is 18.6. The van der Waals surface area contributed by atoms with Gasteiger partial charge in [0, 0.05) is 36.4 Å². The highest BCUT2D eigenvalue weighted by atomic mass is 16.4. The summed E-state index contributed by atoms with van der Waals surface area (Å²) in [5.74, 6) is -3.85. The van der Waals surface area contributed by atoms with Crippen molar-refractivity contribution in [2.75, 3.05) is 6.54 Å². The summed E-state index contributed by atoms with van der Waals surface area (Å²) < 4.78 is 0. The van der Waals surface area contributed by atoms with Gasteiger partial charge in [0.25, 0.3) is 0 Å². The van der Waals surface area contributed by atoms with Gasteiger partial charge in [0.1, 0.15) is 12.1 Å². The minimum Gasteiger partial charge on any atom is -0.480 e. The van der Waals surface area contributed by atoms with Crippen molar-refractivity contribution in [3.05, 3.63) is 71.9 Å². The summed E-state index contributed by atoms with van der Waals surface area (Å²) >= 11 is 0. The SMILES string of the molecule is NC(=O)CCC(N)C(=O)NCC(=O)NC(Cc1ccccc1)C(=O)NC(Cc1c[nH]c2ccccc12)C(=O)O. The van der Waals surface area contributed by atoms with Crippen molar-refractivity contribution < 1.29 is 29.1 Å². The molecule has 1 aromatic heterocycles. The van der Waals surface area contributed by atoms with Crippen molar-refractivity contribution in [1.29, 1.82) is 0 Å². The van der Waals surface area contributed by atoms with E-state index >= 15 is 0 Å². The minimum absolute atomic E-state index is 0.0226. The van der Waals surface area contributed by atoms with Crippen molar-refractivity contribution in [3.63, 3.8) is 0 Å². The molecule has 2 aromatic carbocycles.